The van der Waals surface area contributed by atoms with Crippen LogP contribution >= 0.6 is 27.5 Å². The van der Waals surface area contributed by atoms with Crippen LogP contribution < -0.4 is 10.6 Å². The monoisotopic (exact) mass is 571 g/mol. The predicted octanol–water partition coefficient (Wildman–Crippen LogP) is 4.05. The number of hydrogen-bond donors (Lipinski definition) is 2. The Balaban J connectivity index is 1.49. The Hall–Kier alpha value is -3.28. The van der Waals surface area contributed by atoms with Crippen LogP contribution in [-0.4, -0.2) is 56.0 Å². The van der Waals surface area contributed by atoms with Crippen LogP contribution in [0, 0.1) is 12.8 Å². The van der Waals surface area contributed by atoms with Gasteiger partial charge in [-0.05, 0) is 71.4 Å². The van der Waals surface area contributed by atoms with E-state index < -0.39 is 5.91 Å². The van der Waals surface area contributed by atoms with Crippen molar-refractivity contribution in [1.82, 2.24) is 29.7 Å². The standard InChI is InChI=1S/C24H23BrClN7O3/c1-14-11-16-4-8-29-32(16)21(24(35)28-13-15-5-9-36-10-6-15)20(14)30-23(34)18-12-19(25)31-33(18)22-17(26)3-2-7-27-22/h2-4,7-8,11-12,15H,5-6,9-10,13H2,1H3,(H,28,35)(H,30,34). The molecule has 1 fully saturated rings. The summed E-state index contributed by atoms with van der Waals surface area (Å²) in [7, 11) is 0. The van der Waals surface area contributed by atoms with E-state index in [2.05, 4.69) is 41.7 Å². The minimum atomic E-state index is -0.483. The molecule has 0 unspecified atom stereocenters. The van der Waals surface area contributed by atoms with Gasteiger partial charge in [0.1, 0.15) is 10.3 Å². The van der Waals surface area contributed by atoms with E-state index in [4.69, 9.17) is 16.3 Å². The van der Waals surface area contributed by atoms with Gasteiger partial charge in [-0.25, -0.2) is 14.2 Å². The van der Waals surface area contributed by atoms with Gasteiger partial charge in [-0.1, -0.05) is 11.6 Å². The molecule has 10 nitrogen and oxygen atoms in total. The first-order chi connectivity index (χ1) is 17.4. The van der Waals surface area contributed by atoms with Crippen molar-refractivity contribution in [3.8, 4) is 5.82 Å². The maximum atomic E-state index is 13.5. The highest BCUT2D eigenvalue weighted by Crippen LogP contribution is 2.26. The number of amides is 2. The summed E-state index contributed by atoms with van der Waals surface area (Å²) in [6.45, 7) is 3.74. The lowest BCUT2D eigenvalue weighted by atomic mass is 10.0. The summed E-state index contributed by atoms with van der Waals surface area (Å²) in [5.74, 6) is -0.156. The van der Waals surface area contributed by atoms with Gasteiger partial charge < -0.3 is 15.4 Å². The lowest BCUT2D eigenvalue weighted by Crippen LogP contribution is -2.34. The Morgan fingerprint density at radius 2 is 2.00 bits per heavy atom. The molecule has 0 bridgehead atoms. The number of rotatable bonds is 6. The van der Waals surface area contributed by atoms with E-state index in [0.717, 1.165) is 18.4 Å². The third-order valence-corrected chi connectivity index (χ3v) is 6.76. The average Bonchev–Trinajstić information content (AvgIpc) is 3.50. The minimum Gasteiger partial charge on any atom is -0.381 e. The van der Waals surface area contributed by atoms with Crippen LogP contribution in [0.5, 0.6) is 0 Å². The summed E-state index contributed by atoms with van der Waals surface area (Å²) in [6.07, 6.45) is 4.97. The van der Waals surface area contributed by atoms with Crippen molar-refractivity contribution in [2.24, 2.45) is 5.92 Å². The van der Waals surface area contributed by atoms with Gasteiger partial charge in [0.05, 0.1) is 22.4 Å². The first-order valence-electron chi connectivity index (χ1n) is 11.4. The zero-order valence-corrected chi connectivity index (χ0v) is 21.7. The Morgan fingerprint density at radius 1 is 1.19 bits per heavy atom. The molecular weight excluding hydrogens is 550 g/mol. The highest BCUT2D eigenvalue weighted by molar-refractivity contribution is 9.10. The Bertz CT molecular complexity index is 1450. The summed E-state index contributed by atoms with van der Waals surface area (Å²) < 4.78 is 8.73. The first kappa shape index (κ1) is 24.4. The van der Waals surface area contributed by atoms with E-state index in [0.29, 0.717) is 52.4 Å². The van der Waals surface area contributed by atoms with Crippen LogP contribution in [0.4, 0.5) is 5.69 Å². The molecule has 0 saturated carbocycles. The van der Waals surface area contributed by atoms with Gasteiger partial charge in [-0.2, -0.15) is 10.2 Å². The molecule has 0 radical (unpaired) electrons. The van der Waals surface area contributed by atoms with E-state index in [9.17, 15) is 9.59 Å². The Morgan fingerprint density at radius 3 is 2.78 bits per heavy atom. The molecule has 0 aromatic carbocycles. The fourth-order valence-corrected chi connectivity index (χ4v) is 4.80. The highest BCUT2D eigenvalue weighted by Gasteiger charge is 2.25. The smallest absolute Gasteiger partial charge is 0.274 e. The topological polar surface area (TPSA) is 115 Å². The molecule has 1 saturated heterocycles. The molecule has 0 atom stereocenters. The number of pyridine rings is 2. The molecule has 36 heavy (non-hydrogen) atoms. The quantitative estimate of drug-likeness (QED) is 0.360. The zero-order chi connectivity index (χ0) is 25.2. The largest absolute Gasteiger partial charge is 0.381 e. The van der Waals surface area contributed by atoms with Gasteiger partial charge in [-0.15, -0.1) is 0 Å². The number of anilines is 1. The molecule has 186 valence electrons. The van der Waals surface area contributed by atoms with E-state index >= 15 is 0 Å². The fourth-order valence-electron chi connectivity index (χ4n) is 4.22. The van der Waals surface area contributed by atoms with Crippen LogP contribution in [0.15, 0.2) is 47.3 Å². The first-order valence-corrected chi connectivity index (χ1v) is 12.6. The molecule has 2 N–H and O–H groups in total. The molecule has 0 aliphatic carbocycles. The average molecular weight is 573 g/mol. The van der Waals surface area contributed by atoms with Crippen molar-refractivity contribution in [2.75, 3.05) is 25.1 Å². The number of nitrogens with one attached hydrogen (secondary N) is 2. The van der Waals surface area contributed by atoms with Crippen molar-refractivity contribution in [1.29, 1.82) is 0 Å². The second-order valence-corrected chi connectivity index (χ2v) is 9.73. The number of fused-ring (bicyclic) bond motifs is 1. The van der Waals surface area contributed by atoms with E-state index in [-0.39, 0.29) is 17.3 Å². The number of halogens is 2. The van der Waals surface area contributed by atoms with Crippen LogP contribution in [0.2, 0.25) is 5.02 Å². The van der Waals surface area contributed by atoms with E-state index in [1.165, 1.54) is 9.20 Å². The lowest BCUT2D eigenvalue weighted by molar-refractivity contribution is 0.0642. The van der Waals surface area contributed by atoms with Gasteiger partial charge in [0.15, 0.2) is 11.5 Å². The van der Waals surface area contributed by atoms with E-state index in [1.54, 1.807) is 30.6 Å². The normalized spacial score (nSPS) is 14.2. The zero-order valence-electron chi connectivity index (χ0n) is 19.4. The summed E-state index contributed by atoms with van der Waals surface area (Å²) >= 11 is 9.63. The maximum Gasteiger partial charge on any atom is 0.274 e. The van der Waals surface area contributed by atoms with Gasteiger partial charge in [-0.3, -0.25) is 9.59 Å². The maximum absolute atomic E-state index is 13.5. The number of carbonyl (C=O) groups is 2. The van der Waals surface area contributed by atoms with Gasteiger partial charge in [0, 0.05) is 32.0 Å². The van der Waals surface area contributed by atoms with Crippen molar-refractivity contribution in [3.05, 3.63) is 69.3 Å². The third kappa shape index (κ3) is 4.86. The molecule has 4 aromatic rings. The molecule has 12 heteroatoms. The second kappa shape index (κ2) is 10.4. The van der Waals surface area contributed by atoms with E-state index in [1.807, 2.05) is 19.1 Å². The molecule has 5 heterocycles. The van der Waals surface area contributed by atoms with Crippen molar-refractivity contribution in [2.45, 2.75) is 19.8 Å². The summed E-state index contributed by atoms with van der Waals surface area (Å²) in [6, 6.07) is 8.59. The molecular formula is C24H23BrClN7O3. The van der Waals surface area contributed by atoms with Crippen molar-refractivity contribution < 1.29 is 14.3 Å². The number of carbonyl (C=O) groups excluding carboxylic acids is 2. The fraction of sp³-hybridized carbons (Fsp3) is 0.292. The number of hydrogen-bond acceptors (Lipinski definition) is 6. The molecule has 2 amide bonds. The summed E-state index contributed by atoms with van der Waals surface area (Å²) in [5, 5.41) is 14.9. The summed E-state index contributed by atoms with van der Waals surface area (Å²) in [4.78, 5) is 31.2. The van der Waals surface area contributed by atoms with Crippen molar-refractivity contribution >= 4 is 50.5 Å². The molecule has 1 aliphatic heterocycles. The highest BCUT2D eigenvalue weighted by atomic mass is 79.9. The minimum absolute atomic E-state index is 0.191. The van der Waals surface area contributed by atoms with Crippen LogP contribution in [0.25, 0.3) is 11.3 Å². The number of ether oxygens (including phenoxy) is 1. The van der Waals surface area contributed by atoms with Gasteiger partial charge in [0.25, 0.3) is 11.8 Å². The number of aromatic nitrogens is 5. The molecule has 4 aromatic heterocycles. The third-order valence-electron chi connectivity index (χ3n) is 6.08. The molecule has 0 spiro atoms. The number of aryl methyl sites for hydroxylation is 1. The van der Waals surface area contributed by atoms with Gasteiger partial charge >= 0.3 is 0 Å². The predicted molar refractivity (Wildman–Crippen MR) is 138 cm³/mol. The SMILES string of the molecule is Cc1cc2ccnn2c(C(=O)NCC2CCOCC2)c1NC(=O)c1cc(Br)nn1-c1ncccc1Cl. The molecule has 5 rings (SSSR count). The van der Waals surface area contributed by atoms with Crippen LogP contribution in [0.1, 0.15) is 39.4 Å². The molecule has 1 aliphatic rings. The lowest BCUT2D eigenvalue weighted by Gasteiger charge is -2.22. The Kier molecular flexibility index (Phi) is 7.04. The second-order valence-electron chi connectivity index (χ2n) is 8.51. The Labute approximate surface area is 220 Å². The summed E-state index contributed by atoms with van der Waals surface area (Å²) in [5.41, 5.74) is 2.26. The van der Waals surface area contributed by atoms with Crippen molar-refractivity contribution in [3.63, 3.8) is 0 Å². The van der Waals surface area contributed by atoms with Crippen LogP contribution in [-0.2, 0) is 4.74 Å². The van der Waals surface area contributed by atoms with Crippen LogP contribution in [0.3, 0.4) is 0 Å². The van der Waals surface area contributed by atoms with Gasteiger partial charge in [0.2, 0.25) is 0 Å². The number of nitrogens with zero attached hydrogens (tertiary/aromatic N) is 5.